The molecule has 1 amide bonds. The predicted octanol–water partition coefficient (Wildman–Crippen LogP) is 4.42. The molecule has 0 bridgehead atoms. The monoisotopic (exact) mass is 512 g/mol. The molecule has 1 fully saturated rings. The Kier molecular flexibility index (Phi) is 7.09. The number of amides is 1. The Morgan fingerprint density at radius 3 is 2.66 bits per heavy atom. The minimum Gasteiger partial charge on any atom is -0.497 e. The minimum atomic E-state index is -0.0809. The lowest BCUT2D eigenvalue weighted by molar-refractivity contribution is 0.0733. The fourth-order valence-corrected chi connectivity index (χ4v) is 4.81. The van der Waals surface area contributed by atoms with E-state index in [1.54, 1.807) is 25.3 Å². The summed E-state index contributed by atoms with van der Waals surface area (Å²) in [6.07, 6.45) is 1.26. The third kappa shape index (κ3) is 5.22. The van der Waals surface area contributed by atoms with Crippen LogP contribution in [-0.2, 0) is 24.1 Å². The number of hydrogen-bond donors (Lipinski definition) is 0. The molecule has 0 unspecified atom stereocenters. The van der Waals surface area contributed by atoms with Crippen molar-refractivity contribution in [3.05, 3.63) is 80.7 Å². The molecule has 7 nitrogen and oxygen atoms in total. The molecule has 0 radical (unpaired) electrons. The summed E-state index contributed by atoms with van der Waals surface area (Å²) in [6.45, 7) is 3.82. The van der Waals surface area contributed by atoms with Crippen LogP contribution in [0.1, 0.15) is 33.0 Å². The van der Waals surface area contributed by atoms with Crippen molar-refractivity contribution >= 4 is 34.9 Å². The average Bonchev–Trinajstić information content (AvgIpc) is 2.89. The second-order valence-corrected chi connectivity index (χ2v) is 9.44. The van der Waals surface area contributed by atoms with E-state index >= 15 is 0 Å². The predicted molar refractivity (Wildman–Crippen MR) is 136 cm³/mol. The molecule has 2 aromatic carbocycles. The standard InChI is InChI=1S/C26H26Cl2N4O3/c1-34-19-4-2-3-17(13-19)14-24-29-23-7-8-32(26(33)18-5-6-21(27)22(28)15-18)16-20(23)25(30-24)31-9-11-35-12-10-31/h2-6,13,15H,7-12,14,16H2,1H3. The first-order valence-electron chi connectivity index (χ1n) is 11.6. The number of carbonyl (C=O) groups excluding carboxylic acids is 1. The fourth-order valence-electron chi connectivity index (χ4n) is 4.51. The molecule has 0 aliphatic carbocycles. The van der Waals surface area contributed by atoms with Crippen molar-refractivity contribution in [1.29, 1.82) is 0 Å². The summed E-state index contributed by atoms with van der Waals surface area (Å²) >= 11 is 12.2. The van der Waals surface area contributed by atoms with Crippen LogP contribution in [0, 0.1) is 0 Å². The molecule has 35 heavy (non-hydrogen) atoms. The lowest BCUT2D eigenvalue weighted by Crippen LogP contribution is -2.41. The molecule has 0 atom stereocenters. The van der Waals surface area contributed by atoms with Gasteiger partial charge in [-0.05, 0) is 35.9 Å². The summed E-state index contributed by atoms with van der Waals surface area (Å²) in [7, 11) is 1.66. The number of carbonyl (C=O) groups is 1. The first-order chi connectivity index (χ1) is 17.0. The largest absolute Gasteiger partial charge is 0.497 e. The maximum atomic E-state index is 13.3. The van der Waals surface area contributed by atoms with Crippen molar-refractivity contribution in [3.63, 3.8) is 0 Å². The van der Waals surface area contributed by atoms with E-state index in [4.69, 9.17) is 42.6 Å². The van der Waals surface area contributed by atoms with Crippen molar-refractivity contribution in [2.75, 3.05) is 44.9 Å². The van der Waals surface area contributed by atoms with Gasteiger partial charge in [0, 0.05) is 43.6 Å². The van der Waals surface area contributed by atoms with Crippen LogP contribution in [0.2, 0.25) is 10.0 Å². The van der Waals surface area contributed by atoms with Crippen LogP contribution < -0.4 is 9.64 Å². The van der Waals surface area contributed by atoms with E-state index in [0.717, 1.165) is 47.3 Å². The second-order valence-electron chi connectivity index (χ2n) is 8.62. The zero-order chi connectivity index (χ0) is 24.4. The van der Waals surface area contributed by atoms with Gasteiger partial charge in [0.05, 0.1) is 42.6 Å². The molecule has 0 saturated carbocycles. The maximum Gasteiger partial charge on any atom is 0.254 e. The van der Waals surface area contributed by atoms with Crippen LogP contribution in [-0.4, -0.2) is 60.7 Å². The zero-order valence-corrected chi connectivity index (χ0v) is 21.0. The number of morpholine rings is 1. The maximum absolute atomic E-state index is 13.3. The Morgan fingerprint density at radius 2 is 1.89 bits per heavy atom. The molecule has 0 N–H and O–H groups in total. The number of ether oxygens (including phenoxy) is 2. The number of halogens is 2. The van der Waals surface area contributed by atoms with E-state index in [1.165, 1.54) is 0 Å². The van der Waals surface area contributed by atoms with Gasteiger partial charge < -0.3 is 19.3 Å². The summed E-state index contributed by atoms with van der Waals surface area (Å²) in [6, 6.07) is 13.0. The van der Waals surface area contributed by atoms with Crippen LogP contribution >= 0.6 is 23.2 Å². The summed E-state index contributed by atoms with van der Waals surface area (Å²) in [5.41, 5.74) is 3.61. The second kappa shape index (κ2) is 10.4. The van der Waals surface area contributed by atoms with Crippen molar-refractivity contribution < 1.29 is 14.3 Å². The van der Waals surface area contributed by atoms with Gasteiger partial charge in [-0.3, -0.25) is 4.79 Å². The van der Waals surface area contributed by atoms with E-state index in [0.29, 0.717) is 54.8 Å². The highest BCUT2D eigenvalue weighted by Crippen LogP contribution is 2.30. The third-order valence-corrected chi connectivity index (χ3v) is 7.08. The van der Waals surface area contributed by atoms with Crippen molar-refractivity contribution in [2.45, 2.75) is 19.4 Å². The topological polar surface area (TPSA) is 67.8 Å². The van der Waals surface area contributed by atoms with Crippen LogP contribution in [0.15, 0.2) is 42.5 Å². The molecule has 3 aromatic rings. The molecule has 182 valence electrons. The molecule has 0 spiro atoms. The number of fused-ring (bicyclic) bond motifs is 1. The number of hydrogen-bond acceptors (Lipinski definition) is 6. The highest BCUT2D eigenvalue weighted by atomic mass is 35.5. The molecule has 3 heterocycles. The highest BCUT2D eigenvalue weighted by Gasteiger charge is 2.29. The van der Waals surface area contributed by atoms with Crippen molar-refractivity contribution in [3.8, 4) is 5.75 Å². The first kappa shape index (κ1) is 23.9. The van der Waals surface area contributed by atoms with Gasteiger partial charge in [0.25, 0.3) is 5.91 Å². The summed E-state index contributed by atoms with van der Waals surface area (Å²) < 4.78 is 10.9. The van der Waals surface area contributed by atoms with Crippen LogP contribution in [0.4, 0.5) is 5.82 Å². The number of rotatable bonds is 5. The van der Waals surface area contributed by atoms with Gasteiger partial charge in [0.2, 0.25) is 0 Å². The molecule has 5 rings (SSSR count). The summed E-state index contributed by atoms with van der Waals surface area (Å²) in [5, 5.41) is 0.799. The molecule has 2 aliphatic rings. The third-order valence-electron chi connectivity index (χ3n) is 6.35. The Balaban J connectivity index is 1.46. The van der Waals surface area contributed by atoms with Gasteiger partial charge >= 0.3 is 0 Å². The van der Waals surface area contributed by atoms with E-state index in [2.05, 4.69) is 11.0 Å². The smallest absolute Gasteiger partial charge is 0.254 e. The number of nitrogens with zero attached hydrogens (tertiary/aromatic N) is 4. The van der Waals surface area contributed by atoms with Crippen LogP contribution in [0.3, 0.4) is 0 Å². The molecule has 1 saturated heterocycles. The van der Waals surface area contributed by atoms with E-state index in [-0.39, 0.29) is 5.91 Å². The Bertz CT molecular complexity index is 1250. The van der Waals surface area contributed by atoms with Crippen LogP contribution in [0.25, 0.3) is 0 Å². The molecular weight excluding hydrogens is 487 g/mol. The zero-order valence-electron chi connectivity index (χ0n) is 19.5. The van der Waals surface area contributed by atoms with Crippen molar-refractivity contribution in [2.24, 2.45) is 0 Å². The quantitative estimate of drug-likeness (QED) is 0.504. The highest BCUT2D eigenvalue weighted by molar-refractivity contribution is 6.42. The van der Waals surface area contributed by atoms with Gasteiger partial charge in [-0.15, -0.1) is 0 Å². The summed E-state index contributed by atoms with van der Waals surface area (Å²) in [5.74, 6) is 2.39. The number of anilines is 1. The number of methoxy groups -OCH3 is 1. The van der Waals surface area contributed by atoms with E-state index < -0.39 is 0 Å². The minimum absolute atomic E-state index is 0.0809. The van der Waals surface area contributed by atoms with Gasteiger partial charge in [-0.2, -0.15) is 0 Å². The van der Waals surface area contributed by atoms with Gasteiger partial charge in [-0.1, -0.05) is 35.3 Å². The van der Waals surface area contributed by atoms with Crippen molar-refractivity contribution in [1.82, 2.24) is 14.9 Å². The average molecular weight is 513 g/mol. The Labute approximate surface area is 214 Å². The summed E-state index contributed by atoms with van der Waals surface area (Å²) in [4.78, 5) is 27.3. The lowest BCUT2D eigenvalue weighted by atomic mass is 10.0. The van der Waals surface area contributed by atoms with E-state index in [1.807, 2.05) is 23.1 Å². The number of benzene rings is 2. The van der Waals surface area contributed by atoms with Gasteiger partial charge in [0.15, 0.2) is 0 Å². The normalized spacial score (nSPS) is 15.6. The molecule has 9 heteroatoms. The molecular formula is C26H26Cl2N4O3. The van der Waals surface area contributed by atoms with Gasteiger partial charge in [-0.25, -0.2) is 9.97 Å². The Morgan fingerprint density at radius 1 is 1.06 bits per heavy atom. The van der Waals surface area contributed by atoms with Crippen LogP contribution in [0.5, 0.6) is 5.75 Å². The first-order valence-corrected chi connectivity index (χ1v) is 12.4. The molecule has 1 aromatic heterocycles. The fraction of sp³-hybridized carbons (Fsp3) is 0.346. The SMILES string of the molecule is COc1cccc(Cc2nc3c(c(N4CCOCC4)n2)CN(C(=O)c2ccc(Cl)c(Cl)c2)CC3)c1. The van der Waals surface area contributed by atoms with E-state index in [9.17, 15) is 4.79 Å². The lowest BCUT2D eigenvalue weighted by Gasteiger charge is -2.34. The number of aromatic nitrogens is 2. The molecule has 2 aliphatic heterocycles. The van der Waals surface area contributed by atoms with Gasteiger partial charge in [0.1, 0.15) is 17.4 Å². The Hall–Kier alpha value is -2.87.